The van der Waals surface area contributed by atoms with Gasteiger partial charge in [-0.15, -0.1) is 0 Å². The first kappa shape index (κ1) is 20.1. The van der Waals surface area contributed by atoms with Crippen molar-refractivity contribution in [1.82, 2.24) is 10.2 Å². The highest BCUT2D eigenvalue weighted by Gasteiger charge is 2.20. The minimum Gasteiger partial charge on any atom is -0.484 e. The van der Waals surface area contributed by atoms with Crippen molar-refractivity contribution in [3.8, 4) is 5.75 Å². The van der Waals surface area contributed by atoms with Crippen molar-refractivity contribution in [2.24, 2.45) is 22.6 Å². The number of ether oxygens (including phenoxy) is 1. The van der Waals surface area contributed by atoms with Gasteiger partial charge in [-0.25, -0.2) is 0 Å². The van der Waals surface area contributed by atoms with E-state index < -0.39 is 5.91 Å². The van der Waals surface area contributed by atoms with Crippen molar-refractivity contribution < 1.29 is 9.53 Å². The molecule has 1 amide bonds. The first-order valence-electron chi connectivity index (χ1n) is 9.39. The molecule has 1 saturated carbocycles. The standard InChI is InChI=1S/C20H32N4O2/c1-15-7-9-16(10-8-15)13-24(3)20(22-2)23-12-17-5-4-6-18(11-17)26-14-19(21)25/h4-6,11,15-16H,7-10,12-14H2,1-3H3,(H2,21,25)(H,22,23). The number of amides is 1. The lowest BCUT2D eigenvalue weighted by molar-refractivity contribution is -0.119. The van der Waals surface area contributed by atoms with Crippen molar-refractivity contribution >= 4 is 11.9 Å². The highest BCUT2D eigenvalue weighted by atomic mass is 16.5. The summed E-state index contributed by atoms with van der Waals surface area (Å²) in [6, 6.07) is 7.64. The molecule has 0 aromatic heterocycles. The second-order valence-corrected chi connectivity index (χ2v) is 7.31. The number of carbonyl (C=O) groups is 1. The number of carbonyl (C=O) groups excluding carboxylic acids is 1. The largest absolute Gasteiger partial charge is 0.484 e. The lowest BCUT2D eigenvalue weighted by Crippen LogP contribution is -2.41. The third-order valence-corrected chi connectivity index (χ3v) is 4.97. The predicted molar refractivity (Wildman–Crippen MR) is 105 cm³/mol. The molecule has 1 aromatic rings. The molecule has 0 bridgehead atoms. The molecule has 0 saturated heterocycles. The summed E-state index contributed by atoms with van der Waals surface area (Å²) in [5.74, 6) is 2.68. The molecule has 1 aliphatic carbocycles. The molecular formula is C20H32N4O2. The Bertz CT molecular complexity index is 610. The molecule has 0 aliphatic heterocycles. The number of rotatable bonds is 7. The van der Waals surface area contributed by atoms with Crippen LogP contribution >= 0.6 is 0 Å². The zero-order valence-corrected chi connectivity index (χ0v) is 16.2. The normalized spacial score (nSPS) is 20.5. The first-order chi connectivity index (χ1) is 12.5. The summed E-state index contributed by atoms with van der Waals surface area (Å²) < 4.78 is 5.35. The van der Waals surface area contributed by atoms with E-state index in [0.717, 1.165) is 29.9 Å². The molecule has 144 valence electrons. The van der Waals surface area contributed by atoms with Gasteiger partial charge >= 0.3 is 0 Å². The van der Waals surface area contributed by atoms with E-state index in [2.05, 4.69) is 29.2 Å². The van der Waals surface area contributed by atoms with Gasteiger partial charge in [-0.1, -0.05) is 31.9 Å². The number of nitrogens with one attached hydrogen (secondary N) is 1. The van der Waals surface area contributed by atoms with Gasteiger partial charge in [0.15, 0.2) is 12.6 Å². The summed E-state index contributed by atoms with van der Waals surface area (Å²) in [7, 11) is 3.91. The number of aliphatic imine (C=N–C) groups is 1. The van der Waals surface area contributed by atoms with E-state index >= 15 is 0 Å². The second kappa shape index (κ2) is 10.0. The Balaban J connectivity index is 1.84. The van der Waals surface area contributed by atoms with Crippen molar-refractivity contribution in [2.75, 3.05) is 27.2 Å². The van der Waals surface area contributed by atoms with Crippen molar-refractivity contribution in [3.63, 3.8) is 0 Å². The first-order valence-corrected chi connectivity index (χ1v) is 9.39. The molecule has 2 rings (SSSR count). The Hall–Kier alpha value is -2.24. The van der Waals surface area contributed by atoms with Crippen LogP contribution in [0, 0.1) is 11.8 Å². The van der Waals surface area contributed by atoms with E-state index in [0.29, 0.717) is 12.3 Å². The highest BCUT2D eigenvalue weighted by molar-refractivity contribution is 5.79. The van der Waals surface area contributed by atoms with Gasteiger partial charge in [0, 0.05) is 27.2 Å². The lowest BCUT2D eigenvalue weighted by Gasteiger charge is -2.31. The fraction of sp³-hybridized carbons (Fsp3) is 0.600. The number of nitrogens with zero attached hydrogens (tertiary/aromatic N) is 2. The minimum absolute atomic E-state index is 0.110. The van der Waals surface area contributed by atoms with Gasteiger partial charge < -0.3 is 20.7 Å². The van der Waals surface area contributed by atoms with Gasteiger partial charge in [0.25, 0.3) is 5.91 Å². The topological polar surface area (TPSA) is 80.0 Å². The molecule has 1 aliphatic rings. The number of guanidine groups is 1. The van der Waals surface area contributed by atoms with Crippen LogP contribution in [0.1, 0.15) is 38.2 Å². The molecule has 1 aromatic carbocycles. The average molecular weight is 361 g/mol. The smallest absolute Gasteiger partial charge is 0.255 e. The van der Waals surface area contributed by atoms with Crippen LogP contribution < -0.4 is 15.8 Å². The summed E-state index contributed by atoms with van der Waals surface area (Å²) in [4.78, 5) is 17.5. The molecule has 0 atom stereocenters. The Morgan fingerprint density at radius 3 is 2.73 bits per heavy atom. The van der Waals surface area contributed by atoms with E-state index in [1.54, 1.807) is 0 Å². The maximum absolute atomic E-state index is 10.8. The molecule has 0 heterocycles. The highest BCUT2D eigenvalue weighted by Crippen LogP contribution is 2.28. The SMILES string of the molecule is CN=C(NCc1cccc(OCC(N)=O)c1)N(C)CC1CCC(C)CC1. The van der Waals surface area contributed by atoms with E-state index in [1.165, 1.54) is 25.7 Å². The Labute approximate surface area is 156 Å². The number of hydrogen-bond donors (Lipinski definition) is 2. The van der Waals surface area contributed by atoms with Crippen molar-refractivity contribution in [1.29, 1.82) is 0 Å². The van der Waals surface area contributed by atoms with Crippen LogP contribution in [-0.2, 0) is 11.3 Å². The summed E-state index contributed by atoms with van der Waals surface area (Å²) in [5.41, 5.74) is 6.18. The van der Waals surface area contributed by atoms with Gasteiger partial charge in [-0.05, 0) is 42.4 Å². The van der Waals surface area contributed by atoms with Crippen molar-refractivity contribution in [2.45, 2.75) is 39.2 Å². The Morgan fingerprint density at radius 2 is 2.08 bits per heavy atom. The maximum atomic E-state index is 10.8. The van der Waals surface area contributed by atoms with Crippen LogP contribution in [0.3, 0.4) is 0 Å². The molecule has 6 heteroatoms. The summed E-state index contributed by atoms with van der Waals surface area (Å²) in [5, 5.41) is 3.40. The third-order valence-electron chi connectivity index (χ3n) is 4.97. The average Bonchev–Trinajstić information content (AvgIpc) is 2.63. The Kier molecular flexibility index (Phi) is 7.75. The molecule has 3 N–H and O–H groups in total. The van der Waals surface area contributed by atoms with Crippen LogP contribution in [0.25, 0.3) is 0 Å². The summed E-state index contributed by atoms with van der Waals surface area (Å²) in [6.07, 6.45) is 5.29. The van der Waals surface area contributed by atoms with Gasteiger partial charge in [0.05, 0.1) is 0 Å². The molecule has 1 fully saturated rings. The molecular weight excluding hydrogens is 328 g/mol. The third kappa shape index (κ3) is 6.58. The van der Waals surface area contributed by atoms with E-state index in [9.17, 15) is 4.79 Å². The minimum atomic E-state index is -0.479. The van der Waals surface area contributed by atoms with Crippen molar-refractivity contribution in [3.05, 3.63) is 29.8 Å². The molecule has 0 radical (unpaired) electrons. The second-order valence-electron chi connectivity index (χ2n) is 7.31. The van der Waals surface area contributed by atoms with Crippen LogP contribution in [-0.4, -0.2) is 44.0 Å². The van der Waals surface area contributed by atoms with Gasteiger partial charge in [-0.2, -0.15) is 0 Å². The van der Waals surface area contributed by atoms with E-state index in [1.807, 2.05) is 31.3 Å². The number of benzene rings is 1. The number of hydrogen-bond acceptors (Lipinski definition) is 3. The Morgan fingerprint density at radius 1 is 1.35 bits per heavy atom. The molecule has 0 unspecified atom stereocenters. The summed E-state index contributed by atoms with van der Waals surface area (Å²) in [6.45, 7) is 3.92. The fourth-order valence-electron chi connectivity index (χ4n) is 3.45. The van der Waals surface area contributed by atoms with Crippen LogP contribution in [0.2, 0.25) is 0 Å². The maximum Gasteiger partial charge on any atom is 0.255 e. The zero-order valence-electron chi connectivity index (χ0n) is 16.2. The number of nitrogens with two attached hydrogens (primary N) is 1. The lowest BCUT2D eigenvalue weighted by atomic mass is 9.83. The van der Waals surface area contributed by atoms with Gasteiger partial charge in [0.2, 0.25) is 0 Å². The van der Waals surface area contributed by atoms with Gasteiger partial charge in [0.1, 0.15) is 5.75 Å². The quantitative estimate of drug-likeness (QED) is 0.578. The monoisotopic (exact) mass is 360 g/mol. The van der Waals surface area contributed by atoms with E-state index in [4.69, 9.17) is 10.5 Å². The molecule has 26 heavy (non-hydrogen) atoms. The van der Waals surface area contributed by atoms with Crippen LogP contribution in [0.5, 0.6) is 5.75 Å². The van der Waals surface area contributed by atoms with E-state index in [-0.39, 0.29) is 6.61 Å². The van der Waals surface area contributed by atoms with Crippen LogP contribution in [0.15, 0.2) is 29.3 Å². The zero-order chi connectivity index (χ0) is 18.9. The van der Waals surface area contributed by atoms with Gasteiger partial charge in [-0.3, -0.25) is 9.79 Å². The summed E-state index contributed by atoms with van der Waals surface area (Å²) >= 11 is 0. The predicted octanol–water partition coefficient (Wildman–Crippen LogP) is 2.38. The molecule has 0 spiro atoms. The molecule has 6 nitrogen and oxygen atoms in total. The van der Waals surface area contributed by atoms with Crippen LogP contribution in [0.4, 0.5) is 0 Å². The number of primary amides is 1. The fourth-order valence-corrected chi connectivity index (χ4v) is 3.45.